The fraction of sp³-hybridized carbons (Fsp3) is 0.333. The second kappa shape index (κ2) is 5.16. The summed E-state index contributed by atoms with van der Waals surface area (Å²) in [6, 6.07) is 5.47. The van der Waals surface area contributed by atoms with E-state index in [-0.39, 0.29) is 0 Å². The van der Waals surface area contributed by atoms with Gasteiger partial charge < -0.3 is 12.5 Å². The summed E-state index contributed by atoms with van der Waals surface area (Å²) in [7, 11) is 1.61. The van der Waals surface area contributed by atoms with Gasteiger partial charge >= 0.3 is 0 Å². The molecule has 0 heterocycles. The second-order valence-electron chi connectivity index (χ2n) is 2.32. The van der Waals surface area contributed by atoms with E-state index in [4.69, 9.17) is 12.5 Å². The summed E-state index contributed by atoms with van der Waals surface area (Å²) in [5.41, 5.74) is 0. The Balaban J connectivity index is 2.91. The number of methoxy groups -OCH3 is 1. The van der Waals surface area contributed by atoms with Gasteiger partial charge in [0.25, 0.3) is 0 Å². The van der Waals surface area contributed by atoms with Gasteiger partial charge in [0.2, 0.25) is 0 Å². The number of ether oxygens (including phenoxy) is 2. The van der Waals surface area contributed by atoms with Gasteiger partial charge in [0.15, 0.2) is 34.5 Å². The van der Waals surface area contributed by atoms with Gasteiger partial charge in [-0.1, -0.05) is 0 Å². The monoisotopic (exact) mass is 294 g/mol. The maximum absolute atomic E-state index is 5.31. The molecule has 0 N–H and O–H groups in total. The third-order valence-corrected chi connectivity index (χ3v) is 2.00. The van der Waals surface area contributed by atoms with E-state index in [2.05, 4.69) is 0 Å². The van der Waals surface area contributed by atoms with Crippen LogP contribution in [0.5, 0.6) is 17.2 Å². The van der Waals surface area contributed by atoms with Gasteiger partial charge in [0.1, 0.15) is 5.75 Å². The molecule has 0 spiro atoms. The minimum Gasteiger partial charge on any atom is -0.494 e. The molecule has 0 aliphatic carbocycles. The van der Waals surface area contributed by atoms with Crippen molar-refractivity contribution in [1.82, 2.24) is 0 Å². The van der Waals surface area contributed by atoms with Crippen LogP contribution in [0.2, 0.25) is 0 Å². The van der Waals surface area contributed by atoms with Crippen molar-refractivity contribution in [3.63, 3.8) is 0 Å². The summed E-state index contributed by atoms with van der Waals surface area (Å²) >= 11 is 1.81. The van der Waals surface area contributed by atoms with Gasteiger partial charge in [-0.3, -0.25) is 0 Å². The van der Waals surface area contributed by atoms with E-state index >= 15 is 0 Å². The lowest BCUT2D eigenvalue weighted by atomic mass is 10.3. The van der Waals surface area contributed by atoms with E-state index in [9.17, 15) is 0 Å². The van der Waals surface area contributed by atoms with Crippen LogP contribution in [0.1, 0.15) is 6.92 Å². The predicted octanol–water partition coefficient (Wildman–Crippen LogP) is 2.82. The van der Waals surface area contributed by atoms with E-state index in [1.807, 2.05) is 42.1 Å². The quantitative estimate of drug-likeness (QED) is 0.799. The fourth-order valence-electron chi connectivity index (χ4n) is 0.974. The minimum absolute atomic E-state index is 0.646. The van der Waals surface area contributed by atoms with Crippen molar-refractivity contribution in [3.05, 3.63) is 18.2 Å². The summed E-state index contributed by atoms with van der Waals surface area (Å²) < 4.78 is 15.5. The molecule has 0 radical (unpaired) electrons. The SMILES string of the molecule is CCOc1ccc(OC)c(OI)c1. The van der Waals surface area contributed by atoms with E-state index in [0.29, 0.717) is 18.1 Å². The average Bonchev–Trinajstić information content (AvgIpc) is 2.18. The first-order chi connectivity index (χ1) is 6.31. The van der Waals surface area contributed by atoms with Crippen LogP contribution in [0, 0.1) is 0 Å². The van der Waals surface area contributed by atoms with Gasteiger partial charge in [-0.25, -0.2) is 0 Å². The van der Waals surface area contributed by atoms with Gasteiger partial charge in [0.05, 0.1) is 13.7 Å². The Morgan fingerprint density at radius 2 is 2.08 bits per heavy atom. The van der Waals surface area contributed by atoms with Crippen LogP contribution in [-0.2, 0) is 0 Å². The van der Waals surface area contributed by atoms with Crippen molar-refractivity contribution in [3.8, 4) is 17.2 Å². The van der Waals surface area contributed by atoms with E-state index < -0.39 is 0 Å². The molecular weight excluding hydrogens is 283 g/mol. The number of halogens is 1. The zero-order chi connectivity index (χ0) is 9.68. The largest absolute Gasteiger partial charge is 0.494 e. The van der Waals surface area contributed by atoms with Gasteiger partial charge in [0, 0.05) is 6.07 Å². The molecule has 0 aromatic heterocycles. The van der Waals surface area contributed by atoms with Crippen molar-refractivity contribution in [2.75, 3.05) is 13.7 Å². The molecule has 13 heavy (non-hydrogen) atoms. The highest BCUT2D eigenvalue weighted by Gasteiger charge is 2.04. The molecule has 1 aromatic rings. The molecule has 4 heteroatoms. The lowest BCUT2D eigenvalue weighted by Crippen LogP contribution is -1.92. The van der Waals surface area contributed by atoms with Crippen molar-refractivity contribution in [1.29, 1.82) is 0 Å². The van der Waals surface area contributed by atoms with Crippen LogP contribution in [0.3, 0.4) is 0 Å². The van der Waals surface area contributed by atoms with Crippen molar-refractivity contribution < 1.29 is 12.5 Å². The van der Waals surface area contributed by atoms with Crippen LogP contribution < -0.4 is 12.5 Å². The molecule has 0 saturated heterocycles. The molecule has 0 atom stereocenters. The predicted molar refractivity (Wildman–Crippen MR) is 58.8 cm³/mol. The maximum Gasteiger partial charge on any atom is 0.192 e. The third-order valence-electron chi connectivity index (χ3n) is 1.53. The first kappa shape index (κ1) is 10.4. The Bertz CT molecular complexity index is 276. The highest BCUT2D eigenvalue weighted by atomic mass is 127. The average molecular weight is 294 g/mol. The lowest BCUT2D eigenvalue weighted by molar-refractivity contribution is 0.337. The van der Waals surface area contributed by atoms with Crippen LogP contribution in [-0.4, -0.2) is 13.7 Å². The summed E-state index contributed by atoms with van der Waals surface area (Å²) in [5, 5.41) is 0. The number of hydrogen-bond acceptors (Lipinski definition) is 3. The third kappa shape index (κ3) is 2.65. The van der Waals surface area contributed by atoms with Crippen LogP contribution in [0.15, 0.2) is 18.2 Å². The zero-order valence-electron chi connectivity index (χ0n) is 7.54. The molecule has 0 unspecified atom stereocenters. The molecule has 0 bridgehead atoms. The highest BCUT2D eigenvalue weighted by molar-refractivity contribution is 14.1. The highest BCUT2D eigenvalue weighted by Crippen LogP contribution is 2.32. The second-order valence-corrected chi connectivity index (χ2v) is 2.76. The van der Waals surface area contributed by atoms with Crippen molar-refractivity contribution >= 4 is 23.0 Å². The first-order valence-electron chi connectivity index (χ1n) is 3.91. The number of benzene rings is 1. The Labute approximate surface area is 91.7 Å². The molecule has 1 rings (SSSR count). The molecule has 0 fully saturated rings. The maximum atomic E-state index is 5.31. The standard InChI is InChI=1S/C9H11IO3/c1-3-12-7-4-5-8(11-2)9(6-7)13-10/h4-6H,3H2,1-2H3. The van der Waals surface area contributed by atoms with Crippen LogP contribution in [0.4, 0.5) is 0 Å². The fourth-order valence-corrected chi connectivity index (χ4v) is 1.32. The lowest BCUT2D eigenvalue weighted by Gasteiger charge is -2.08. The summed E-state index contributed by atoms with van der Waals surface area (Å²) in [6.45, 7) is 2.59. The van der Waals surface area contributed by atoms with Crippen molar-refractivity contribution in [2.45, 2.75) is 6.92 Å². The van der Waals surface area contributed by atoms with E-state index in [1.165, 1.54) is 0 Å². The molecular formula is C9H11IO3. The normalized spacial score (nSPS) is 9.46. The van der Waals surface area contributed by atoms with E-state index in [1.54, 1.807) is 13.2 Å². The molecule has 1 aromatic carbocycles. The minimum atomic E-state index is 0.646. The number of rotatable bonds is 4. The summed E-state index contributed by atoms with van der Waals surface area (Å²) in [4.78, 5) is 0. The van der Waals surface area contributed by atoms with Crippen molar-refractivity contribution in [2.24, 2.45) is 0 Å². The summed E-state index contributed by atoms with van der Waals surface area (Å²) in [6.07, 6.45) is 0. The molecule has 3 nitrogen and oxygen atoms in total. The zero-order valence-corrected chi connectivity index (χ0v) is 9.70. The Morgan fingerprint density at radius 1 is 1.31 bits per heavy atom. The number of hydrogen-bond donors (Lipinski definition) is 0. The van der Waals surface area contributed by atoms with E-state index in [0.717, 1.165) is 5.75 Å². The molecule has 0 aliphatic rings. The Hall–Kier alpha value is -0.650. The van der Waals surface area contributed by atoms with Crippen LogP contribution >= 0.6 is 23.0 Å². The summed E-state index contributed by atoms with van der Waals surface area (Å²) in [5.74, 6) is 2.17. The Morgan fingerprint density at radius 3 is 2.62 bits per heavy atom. The van der Waals surface area contributed by atoms with Gasteiger partial charge in [-0.05, 0) is 19.1 Å². The molecule has 0 saturated carbocycles. The molecule has 0 aliphatic heterocycles. The van der Waals surface area contributed by atoms with Gasteiger partial charge in [-0.2, -0.15) is 0 Å². The first-order valence-corrected chi connectivity index (χ1v) is 4.79. The molecule has 0 amide bonds. The Kier molecular flexibility index (Phi) is 4.14. The molecule has 72 valence electrons. The topological polar surface area (TPSA) is 27.7 Å². The smallest absolute Gasteiger partial charge is 0.192 e. The van der Waals surface area contributed by atoms with Gasteiger partial charge in [-0.15, -0.1) is 0 Å². The van der Waals surface area contributed by atoms with Crippen LogP contribution in [0.25, 0.3) is 0 Å².